The number of nitrogens with zero attached hydrogens (tertiary/aromatic N) is 4. The number of rotatable bonds is 5. The molecular formula is C20H21N5O3. The van der Waals surface area contributed by atoms with Gasteiger partial charge in [-0.05, 0) is 30.3 Å². The molecule has 0 atom stereocenters. The number of furan rings is 1. The van der Waals surface area contributed by atoms with Crippen LogP contribution in [0.4, 0.5) is 17.5 Å². The Kier molecular flexibility index (Phi) is 5.09. The minimum Gasteiger partial charge on any atom is -0.495 e. The molecular weight excluding hydrogens is 358 g/mol. The lowest BCUT2D eigenvalue weighted by Crippen LogP contribution is -2.49. The van der Waals surface area contributed by atoms with Gasteiger partial charge in [-0.3, -0.25) is 4.79 Å². The Morgan fingerprint density at radius 3 is 2.68 bits per heavy atom. The highest BCUT2D eigenvalue weighted by atomic mass is 16.5. The molecule has 1 amide bonds. The van der Waals surface area contributed by atoms with Gasteiger partial charge in [0.05, 0.1) is 19.1 Å². The van der Waals surface area contributed by atoms with E-state index >= 15 is 0 Å². The minimum atomic E-state index is -0.0779. The van der Waals surface area contributed by atoms with Crippen molar-refractivity contribution in [1.29, 1.82) is 0 Å². The molecule has 2 aromatic heterocycles. The third-order valence-corrected chi connectivity index (χ3v) is 4.62. The lowest BCUT2D eigenvalue weighted by atomic mass is 10.3. The fourth-order valence-electron chi connectivity index (χ4n) is 3.15. The number of carbonyl (C=O) groups excluding carboxylic acids is 1. The van der Waals surface area contributed by atoms with E-state index in [-0.39, 0.29) is 5.91 Å². The van der Waals surface area contributed by atoms with E-state index in [1.807, 2.05) is 30.3 Å². The molecule has 8 heteroatoms. The molecule has 1 aromatic carbocycles. The highest BCUT2D eigenvalue weighted by molar-refractivity contribution is 5.91. The van der Waals surface area contributed by atoms with E-state index in [2.05, 4.69) is 20.2 Å². The lowest BCUT2D eigenvalue weighted by molar-refractivity contribution is 0.0714. The average molecular weight is 379 g/mol. The van der Waals surface area contributed by atoms with Gasteiger partial charge in [-0.1, -0.05) is 12.1 Å². The maximum absolute atomic E-state index is 12.4. The normalized spacial score (nSPS) is 14.0. The van der Waals surface area contributed by atoms with Crippen LogP contribution >= 0.6 is 0 Å². The molecule has 144 valence electrons. The summed E-state index contributed by atoms with van der Waals surface area (Å²) in [5.41, 5.74) is 0.802. The predicted octanol–water partition coefficient (Wildman–Crippen LogP) is 2.78. The zero-order chi connectivity index (χ0) is 19.3. The number of amides is 1. The number of hydrogen-bond donors (Lipinski definition) is 1. The van der Waals surface area contributed by atoms with Gasteiger partial charge in [0.25, 0.3) is 5.91 Å². The first-order valence-electron chi connectivity index (χ1n) is 9.05. The first kappa shape index (κ1) is 17.8. The van der Waals surface area contributed by atoms with Crippen LogP contribution in [0.2, 0.25) is 0 Å². The maximum Gasteiger partial charge on any atom is 0.289 e. The van der Waals surface area contributed by atoms with Crippen LogP contribution in [0.3, 0.4) is 0 Å². The summed E-state index contributed by atoms with van der Waals surface area (Å²) in [7, 11) is 1.63. The number of para-hydroxylation sites is 2. The number of aromatic nitrogens is 2. The second kappa shape index (κ2) is 7.99. The SMILES string of the molecule is COc1ccccc1Nc1nccc(N2CCN(C(=O)c3ccco3)CC2)n1. The number of methoxy groups -OCH3 is 1. The van der Waals surface area contributed by atoms with Crippen molar-refractivity contribution >= 4 is 23.4 Å². The van der Waals surface area contributed by atoms with Crippen molar-refractivity contribution in [2.75, 3.05) is 43.5 Å². The molecule has 0 aliphatic carbocycles. The monoisotopic (exact) mass is 379 g/mol. The molecule has 1 aliphatic heterocycles. The molecule has 3 aromatic rings. The standard InChI is InChI=1S/C20H21N5O3/c1-27-16-6-3-2-5-15(16)22-20-21-9-8-18(23-20)24-10-12-25(13-11-24)19(26)17-7-4-14-28-17/h2-9,14H,10-13H2,1H3,(H,21,22,23). The van der Waals surface area contributed by atoms with E-state index in [1.54, 1.807) is 30.3 Å². The molecule has 4 rings (SSSR count). The topological polar surface area (TPSA) is 83.7 Å². The Morgan fingerprint density at radius 1 is 1.11 bits per heavy atom. The van der Waals surface area contributed by atoms with E-state index in [9.17, 15) is 4.79 Å². The Hall–Kier alpha value is -3.55. The van der Waals surface area contributed by atoms with Crippen LogP contribution in [0.25, 0.3) is 0 Å². The predicted molar refractivity (Wildman–Crippen MR) is 105 cm³/mol. The quantitative estimate of drug-likeness (QED) is 0.730. The largest absolute Gasteiger partial charge is 0.495 e. The molecule has 0 unspecified atom stereocenters. The van der Waals surface area contributed by atoms with Crippen LogP contribution in [0.5, 0.6) is 5.75 Å². The number of piperazine rings is 1. The summed E-state index contributed by atoms with van der Waals surface area (Å²) in [5.74, 6) is 2.33. The van der Waals surface area contributed by atoms with E-state index in [0.29, 0.717) is 37.9 Å². The number of anilines is 3. The highest BCUT2D eigenvalue weighted by Crippen LogP contribution is 2.26. The molecule has 1 fully saturated rings. The Balaban J connectivity index is 1.42. The van der Waals surface area contributed by atoms with Crippen LogP contribution < -0.4 is 15.0 Å². The van der Waals surface area contributed by atoms with Crippen LogP contribution in [-0.2, 0) is 0 Å². The van der Waals surface area contributed by atoms with Gasteiger partial charge in [0.2, 0.25) is 5.95 Å². The number of carbonyl (C=O) groups is 1. The van der Waals surface area contributed by atoms with Gasteiger partial charge >= 0.3 is 0 Å². The van der Waals surface area contributed by atoms with Crippen LogP contribution in [-0.4, -0.2) is 54.1 Å². The fourth-order valence-corrected chi connectivity index (χ4v) is 3.15. The molecule has 8 nitrogen and oxygen atoms in total. The third kappa shape index (κ3) is 3.75. The third-order valence-electron chi connectivity index (χ3n) is 4.62. The number of ether oxygens (including phenoxy) is 1. The molecule has 0 saturated carbocycles. The Labute approximate surface area is 162 Å². The summed E-state index contributed by atoms with van der Waals surface area (Å²) < 4.78 is 10.6. The van der Waals surface area contributed by atoms with Gasteiger partial charge in [-0.25, -0.2) is 4.98 Å². The van der Waals surface area contributed by atoms with Crippen molar-refractivity contribution in [2.24, 2.45) is 0 Å². The fraction of sp³-hybridized carbons (Fsp3) is 0.250. The molecule has 0 bridgehead atoms. The summed E-state index contributed by atoms with van der Waals surface area (Å²) in [6.45, 7) is 2.60. The van der Waals surface area contributed by atoms with Gasteiger partial charge in [0, 0.05) is 32.4 Å². The lowest BCUT2D eigenvalue weighted by Gasteiger charge is -2.35. The van der Waals surface area contributed by atoms with Gasteiger partial charge in [0.1, 0.15) is 11.6 Å². The molecule has 1 saturated heterocycles. The van der Waals surface area contributed by atoms with Crippen molar-refractivity contribution < 1.29 is 13.9 Å². The van der Waals surface area contributed by atoms with Crippen molar-refractivity contribution in [3.05, 3.63) is 60.7 Å². The van der Waals surface area contributed by atoms with Gasteiger partial charge in [-0.15, -0.1) is 0 Å². The van der Waals surface area contributed by atoms with Gasteiger partial charge < -0.3 is 24.3 Å². The first-order chi connectivity index (χ1) is 13.7. The molecule has 0 radical (unpaired) electrons. The van der Waals surface area contributed by atoms with E-state index < -0.39 is 0 Å². The van der Waals surface area contributed by atoms with E-state index in [4.69, 9.17) is 9.15 Å². The zero-order valence-electron chi connectivity index (χ0n) is 15.5. The zero-order valence-corrected chi connectivity index (χ0v) is 15.5. The average Bonchev–Trinajstić information content (AvgIpc) is 3.29. The summed E-state index contributed by atoms with van der Waals surface area (Å²) in [5, 5.41) is 3.20. The summed E-state index contributed by atoms with van der Waals surface area (Å²) in [4.78, 5) is 25.2. The van der Waals surface area contributed by atoms with Crippen molar-refractivity contribution in [3.63, 3.8) is 0 Å². The van der Waals surface area contributed by atoms with Crippen molar-refractivity contribution in [1.82, 2.24) is 14.9 Å². The number of nitrogens with one attached hydrogen (secondary N) is 1. The molecule has 0 spiro atoms. The Bertz CT molecular complexity index is 937. The van der Waals surface area contributed by atoms with Crippen molar-refractivity contribution in [2.45, 2.75) is 0 Å². The first-order valence-corrected chi connectivity index (χ1v) is 9.05. The molecule has 28 heavy (non-hydrogen) atoms. The Morgan fingerprint density at radius 2 is 1.93 bits per heavy atom. The summed E-state index contributed by atoms with van der Waals surface area (Å²) in [6, 6.07) is 12.9. The number of benzene rings is 1. The van der Waals surface area contributed by atoms with Crippen LogP contribution in [0.15, 0.2) is 59.3 Å². The maximum atomic E-state index is 12.4. The van der Waals surface area contributed by atoms with Crippen molar-refractivity contribution in [3.8, 4) is 5.75 Å². The van der Waals surface area contributed by atoms with Crippen LogP contribution in [0.1, 0.15) is 10.6 Å². The summed E-state index contributed by atoms with van der Waals surface area (Å²) >= 11 is 0. The molecule has 1 aliphatic rings. The second-order valence-electron chi connectivity index (χ2n) is 6.32. The van der Waals surface area contributed by atoms with E-state index in [1.165, 1.54) is 6.26 Å². The van der Waals surface area contributed by atoms with Crippen LogP contribution in [0, 0.1) is 0 Å². The smallest absolute Gasteiger partial charge is 0.289 e. The highest BCUT2D eigenvalue weighted by Gasteiger charge is 2.24. The van der Waals surface area contributed by atoms with Gasteiger partial charge in [-0.2, -0.15) is 4.98 Å². The minimum absolute atomic E-state index is 0.0779. The second-order valence-corrected chi connectivity index (χ2v) is 6.32. The van der Waals surface area contributed by atoms with E-state index in [0.717, 1.165) is 17.3 Å². The van der Waals surface area contributed by atoms with Gasteiger partial charge in [0.15, 0.2) is 5.76 Å². The molecule has 1 N–H and O–H groups in total. The number of hydrogen-bond acceptors (Lipinski definition) is 7. The summed E-state index contributed by atoms with van der Waals surface area (Å²) in [6.07, 6.45) is 3.24. The molecule has 3 heterocycles.